The van der Waals surface area contributed by atoms with Crippen molar-refractivity contribution in [3.05, 3.63) is 77.5 Å². The van der Waals surface area contributed by atoms with Gasteiger partial charge < -0.3 is 4.90 Å². The number of fused-ring (bicyclic) bond motifs is 1. The molecule has 0 aromatic heterocycles. The van der Waals surface area contributed by atoms with Crippen LogP contribution in [0.3, 0.4) is 0 Å². The smallest absolute Gasteiger partial charge is 0.144 e. The molecule has 0 fully saturated rings. The van der Waals surface area contributed by atoms with Crippen LogP contribution in [0.5, 0.6) is 0 Å². The van der Waals surface area contributed by atoms with Crippen LogP contribution in [-0.4, -0.2) is 13.3 Å². The standard InChI is InChI=1S/C19H19NO/c1-19(14-15-8-4-3-5-9-15)16-10-6-7-11-17(16)20(2)18(19)12-13-21/h3-13H,14H2,1-2H3. The third-order valence-electron chi connectivity index (χ3n) is 4.41. The molecular weight excluding hydrogens is 258 g/mol. The Morgan fingerprint density at radius 1 is 1.05 bits per heavy atom. The number of likely N-dealkylation sites (N-methyl/N-ethyl adjacent to an activating group) is 1. The van der Waals surface area contributed by atoms with Crippen LogP contribution >= 0.6 is 0 Å². The van der Waals surface area contributed by atoms with Gasteiger partial charge in [-0.05, 0) is 36.6 Å². The van der Waals surface area contributed by atoms with Crippen LogP contribution in [0.1, 0.15) is 18.1 Å². The lowest BCUT2D eigenvalue weighted by molar-refractivity contribution is -0.104. The Balaban J connectivity index is 2.13. The highest BCUT2D eigenvalue weighted by Crippen LogP contribution is 2.48. The number of carbonyl (C=O) groups excluding carboxylic acids is 1. The molecule has 0 bridgehead atoms. The number of benzene rings is 2. The summed E-state index contributed by atoms with van der Waals surface area (Å²) in [4.78, 5) is 13.2. The Labute approximate surface area is 125 Å². The van der Waals surface area contributed by atoms with Gasteiger partial charge in [0.25, 0.3) is 0 Å². The molecule has 1 unspecified atom stereocenters. The van der Waals surface area contributed by atoms with E-state index in [1.807, 2.05) is 19.2 Å². The Hall–Kier alpha value is -2.35. The summed E-state index contributed by atoms with van der Waals surface area (Å²) >= 11 is 0. The first kappa shape index (κ1) is 13.6. The second-order valence-corrected chi connectivity index (χ2v) is 5.76. The molecule has 21 heavy (non-hydrogen) atoms. The number of allylic oxidation sites excluding steroid dienone is 2. The number of hydrogen-bond donors (Lipinski definition) is 0. The molecule has 2 aromatic rings. The number of para-hydroxylation sites is 1. The van der Waals surface area contributed by atoms with Gasteiger partial charge >= 0.3 is 0 Å². The maximum absolute atomic E-state index is 11.1. The second-order valence-electron chi connectivity index (χ2n) is 5.76. The van der Waals surface area contributed by atoms with E-state index in [4.69, 9.17) is 0 Å². The minimum Gasteiger partial charge on any atom is -0.347 e. The zero-order valence-electron chi connectivity index (χ0n) is 12.4. The Morgan fingerprint density at radius 3 is 2.43 bits per heavy atom. The molecule has 0 saturated heterocycles. The van der Waals surface area contributed by atoms with Crippen LogP contribution in [0.15, 0.2) is 66.4 Å². The maximum atomic E-state index is 11.1. The van der Waals surface area contributed by atoms with Gasteiger partial charge in [0.1, 0.15) is 6.29 Å². The molecule has 2 heteroatoms. The first-order valence-electron chi connectivity index (χ1n) is 7.20. The molecule has 0 N–H and O–H groups in total. The fourth-order valence-corrected chi connectivity index (χ4v) is 3.42. The van der Waals surface area contributed by atoms with Crippen LogP contribution in [0.2, 0.25) is 0 Å². The van der Waals surface area contributed by atoms with E-state index >= 15 is 0 Å². The third kappa shape index (κ3) is 2.17. The largest absolute Gasteiger partial charge is 0.347 e. The quantitative estimate of drug-likeness (QED) is 0.629. The van der Waals surface area contributed by atoms with Gasteiger partial charge in [-0.25, -0.2) is 0 Å². The minimum atomic E-state index is -0.173. The molecule has 0 radical (unpaired) electrons. The highest BCUT2D eigenvalue weighted by molar-refractivity contribution is 5.77. The first-order chi connectivity index (χ1) is 10.2. The summed E-state index contributed by atoms with van der Waals surface area (Å²) in [6.07, 6.45) is 3.47. The molecule has 1 aliphatic rings. The number of carbonyl (C=O) groups is 1. The van der Waals surface area contributed by atoms with Crippen molar-refractivity contribution in [2.45, 2.75) is 18.8 Å². The SMILES string of the molecule is CN1C(=CC=O)C(C)(Cc2ccccc2)c2ccccc21. The van der Waals surface area contributed by atoms with Crippen LogP contribution in [-0.2, 0) is 16.6 Å². The van der Waals surface area contributed by atoms with E-state index in [1.165, 1.54) is 16.8 Å². The Kier molecular flexibility index (Phi) is 3.38. The van der Waals surface area contributed by atoms with Crippen molar-refractivity contribution in [1.82, 2.24) is 0 Å². The summed E-state index contributed by atoms with van der Waals surface area (Å²) in [7, 11) is 2.03. The molecule has 1 heterocycles. The van der Waals surface area contributed by atoms with Gasteiger partial charge in [0, 0.05) is 23.8 Å². The average Bonchev–Trinajstić information content (AvgIpc) is 2.71. The predicted molar refractivity (Wildman–Crippen MR) is 86.5 cm³/mol. The monoisotopic (exact) mass is 277 g/mol. The van der Waals surface area contributed by atoms with E-state index in [1.54, 1.807) is 6.08 Å². The van der Waals surface area contributed by atoms with E-state index in [0.717, 1.165) is 18.4 Å². The molecule has 2 nitrogen and oxygen atoms in total. The molecule has 1 aliphatic heterocycles. The summed E-state index contributed by atoms with van der Waals surface area (Å²) in [6.45, 7) is 2.22. The number of hydrogen-bond acceptors (Lipinski definition) is 2. The van der Waals surface area contributed by atoms with Crippen molar-refractivity contribution >= 4 is 12.0 Å². The van der Waals surface area contributed by atoms with Gasteiger partial charge in [0.15, 0.2) is 0 Å². The Morgan fingerprint density at radius 2 is 1.71 bits per heavy atom. The number of nitrogens with zero attached hydrogens (tertiary/aromatic N) is 1. The summed E-state index contributed by atoms with van der Waals surface area (Å²) in [5.41, 5.74) is 4.63. The van der Waals surface area contributed by atoms with E-state index in [0.29, 0.717) is 0 Å². The van der Waals surface area contributed by atoms with Crippen molar-refractivity contribution in [3.63, 3.8) is 0 Å². The minimum absolute atomic E-state index is 0.173. The van der Waals surface area contributed by atoms with Crippen LogP contribution in [0.4, 0.5) is 5.69 Å². The molecule has 0 amide bonds. The lowest BCUT2D eigenvalue weighted by atomic mass is 9.76. The summed E-state index contributed by atoms with van der Waals surface area (Å²) in [5, 5.41) is 0. The molecule has 106 valence electrons. The van der Waals surface area contributed by atoms with Gasteiger partial charge in [-0.15, -0.1) is 0 Å². The second kappa shape index (κ2) is 5.21. The van der Waals surface area contributed by atoms with Crippen molar-refractivity contribution in [1.29, 1.82) is 0 Å². The van der Waals surface area contributed by atoms with E-state index in [-0.39, 0.29) is 5.41 Å². The summed E-state index contributed by atoms with van der Waals surface area (Å²) in [5.74, 6) is 0. The molecule has 0 spiro atoms. The Bertz CT molecular complexity index is 690. The van der Waals surface area contributed by atoms with Gasteiger partial charge in [-0.1, -0.05) is 48.5 Å². The van der Waals surface area contributed by atoms with Gasteiger partial charge in [-0.3, -0.25) is 4.79 Å². The van der Waals surface area contributed by atoms with E-state index in [9.17, 15) is 4.79 Å². The molecular formula is C19H19NO. The van der Waals surface area contributed by atoms with Crippen molar-refractivity contribution in [3.8, 4) is 0 Å². The molecule has 1 atom stereocenters. The van der Waals surface area contributed by atoms with Gasteiger partial charge in [-0.2, -0.15) is 0 Å². The zero-order chi connectivity index (χ0) is 14.9. The van der Waals surface area contributed by atoms with Gasteiger partial charge in [0.2, 0.25) is 0 Å². The highest BCUT2D eigenvalue weighted by atomic mass is 16.1. The first-order valence-corrected chi connectivity index (χ1v) is 7.20. The average molecular weight is 277 g/mol. The lowest BCUT2D eigenvalue weighted by Crippen LogP contribution is -2.29. The fourth-order valence-electron chi connectivity index (χ4n) is 3.42. The van der Waals surface area contributed by atoms with E-state index in [2.05, 4.69) is 54.3 Å². The van der Waals surface area contributed by atoms with Crippen LogP contribution in [0.25, 0.3) is 0 Å². The van der Waals surface area contributed by atoms with Crippen LogP contribution in [0, 0.1) is 0 Å². The number of anilines is 1. The zero-order valence-corrected chi connectivity index (χ0v) is 12.4. The molecule has 0 aliphatic carbocycles. The van der Waals surface area contributed by atoms with Crippen molar-refractivity contribution in [2.24, 2.45) is 0 Å². The highest BCUT2D eigenvalue weighted by Gasteiger charge is 2.41. The normalized spacial score (nSPS) is 22.4. The summed E-state index contributed by atoms with van der Waals surface area (Å²) in [6, 6.07) is 18.8. The predicted octanol–water partition coefficient (Wildman–Crippen LogP) is 3.72. The summed E-state index contributed by atoms with van der Waals surface area (Å²) < 4.78 is 0. The molecule has 3 rings (SSSR count). The molecule has 2 aromatic carbocycles. The number of rotatable bonds is 3. The topological polar surface area (TPSA) is 20.3 Å². The lowest BCUT2D eigenvalue weighted by Gasteiger charge is -2.28. The molecule has 0 saturated carbocycles. The number of aldehydes is 1. The van der Waals surface area contributed by atoms with Crippen molar-refractivity contribution < 1.29 is 4.79 Å². The fraction of sp³-hybridized carbons (Fsp3) is 0.211. The van der Waals surface area contributed by atoms with Crippen molar-refractivity contribution in [2.75, 3.05) is 11.9 Å². The maximum Gasteiger partial charge on any atom is 0.144 e. The van der Waals surface area contributed by atoms with Gasteiger partial charge in [0.05, 0.1) is 0 Å². The third-order valence-corrected chi connectivity index (χ3v) is 4.41. The van der Waals surface area contributed by atoms with Crippen LogP contribution < -0.4 is 4.90 Å². The van der Waals surface area contributed by atoms with E-state index < -0.39 is 0 Å².